The van der Waals surface area contributed by atoms with Crippen LogP contribution in [0.2, 0.25) is 5.02 Å². The van der Waals surface area contributed by atoms with Crippen LogP contribution < -0.4 is 0 Å². The number of rotatable bonds is 3. The third kappa shape index (κ3) is 2.14. The molecule has 0 N–H and O–H groups in total. The molecule has 1 aromatic carbocycles. The molecule has 0 fully saturated rings. The largest absolute Gasteiger partial charge is 0.374 e. The highest BCUT2D eigenvalue weighted by atomic mass is 35.5. The predicted molar refractivity (Wildman–Crippen MR) is 56.9 cm³/mol. The topological polar surface area (TPSA) is 26.3 Å². The van der Waals surface area contributed by atoms with E-state index >= 15 is 0 Å². The number of aldehydes is 1. The van der Waals surface area contributed by atoms with Gasteiger partial charge in [-0.05, 0) is 19.9 Å². The molecule has 0 radical (unpaired) electrons. The molecule has 1 aromatic rings. The number of carbonyl (C=O) groups is 1. The molecule has 76 valence electrons. The maximum Gasteiger partial charge on any atom is 0.150 e. The van der Waals surface area contributed by atoms with E-state index in [4.69, 9.17) is 16.3 Å². The van der Waals surface area contributed by atoms with E-state index in [-0.39, 0.29) is 0 Å². The molecule has 0 aliphatic rings. The maximum atomic E-state index is 10.5. The van der Waals surface area contributed by atoms with Crippen molar-refractivity contribution in [3.8, 4) is 0 Å². The van der Waals surface area contributed by atoms with Crippen molar-refractivity contribution < 1.29 is 9.53 Å². The van der Waals surface area contributed by atoms with Gasteiger partial charge in [0.1, 0.15) is 6.29 Å². The van der Waals surface area contributed by atoms with Gasteiger partial charge in [0, 0.05) is 23.3 Å². The van der Waals surface area contributed by atoms with Crippen molar-refractivity contribution in [2.24, 2.45) is 0 Å². The molecule has 14 heavy (non-hydrogen) atoms. The van der Waals surface area contributed by atoms with Crippen LogP contribution in [0.4, 0.5) is 0 Å². The van der Waals surface area contributed by atoms with Crippen molar-refractivity contribution in [3.63, 3.8) is 0 Å². The van der Waals surface area contributed by atoms with Gasteiger partial charge in [0.2, 0.25) is 0 Å². The van der Waals surface area contributed by atoms with Crippen LogP contribution in [0.25, 0.3) is 0 Å². The van der Waals surface area contributed by atoms with Crippen LogP contribution in [0.1, 0.15) is 29.8 Å². The lowest BCUT2D eigenvalue weighted by Gasteiger charge is -2.24. The molecule has 0 heterocycles. The number of carbonyl (C=O) groups excluding carboxylic acids is 1. The van der Waals surface area contributed by atoms with Crippen molar-refractivity contribution in [2.45, 2.75) is 19.4 Å². The molecule has 0 amide bonds. The summed E-state index contributed by atoms with van der Waals surface area (Å²) in [5.74, 6) is 0. The highest BCUT2D eigenvalue weighted by Crippen LogP contribution is 2.30. The second-order valence-electron chi connectivity index (χ2n) is 3.57. The van der Waals surface area contributed by atoms with E-state index in [2.05, 4.69) is 0 Å². The minimum Gasteiger partial charge on any atom is -0.374 e. The first-order valence-electron chi connectivity index (χ1n) is 4.31. The summed E-state index contributed by atoms with van der Waals surface area (Å²) in [4.78, 5) is 10.5. The number of hydrogen-bond donors (Lipinski definition) is 0. The van der Waals surface area contributed by atoms with Gasteiger partial charge >= 0.3 is 0 Å². The van der Waals surface area contributed by atoms with Gasteiger partial charge in [-0.1, -0.05) is 23.7 Å². The van der Waals surface area contributed by atoms with Crippen molar-refractivity contribution in [1.29, 1.82) is 0 Å². The Kier molecular flexibility index (Phi) is 3.29. The Bertz CT molecular complexity index is 345. The number of halogens is 1. The fraction of sp³-hybridized carbons (Fsp3) is 0.364. The highest BCUT2D eigenvalue weighted by Gasteiger charge is 2.22. The summed E-state index contributed by atoms with van der Waals surface area (Å²) in [6.07, 6.45) is 0.773. The summed E-state index contributed by atoms with van der Waals surface area (Å²) in [7, 11) is 1.63. The van der Waals surface area contributed by atoms with E-state index in [1.165, 1.54) is 0 Å². The Morgan fingerprint density at radius 1 is 1.43 bits per heavy atom. The molecule has 0 bridgehead atoms. The van der Waals surface area contributed by atoms with Gasteiger partial charge in [-0.3, -0.25) is 4.79 Å². The summed E-state index contributed by atoms with van der Waals surface area (Å²) < 4.78 is 5.31. The average Bonchev–Trinajstić information content (AvgIpc) is 2.17. The molecule has 2 nitrogen and oxygen atoms in total. The molecule has 0 atom stereocenters. The van der Waals surface area contributed by atoms with Gasteiger partial charge in [-0.15, -0.1) is 0 Å². The van der Waals surface area contributed by atoms with Crippen molar-refractivity contribution >= 4 is 17.9 Å². The summed E-state index contributed by atoms with van der Waals surface area (Å²) in [6, 6.07) is 5.19. The average molecular weight is 213 g/mol. The third-order valence-electron chi connectivity index (χ3n) is 2.29. The second kappa shape index (κ2) is 4.11. The van der Waals surface area contributed by atoms with Gasteiger partial charge in [0.15, 0.2) is 0 Å². The lowest BCUT2D eigenvalue weighted by molar-refractivity contribution is 0.0193. The first-order chi connectivity index (χ1) is 6.51. The SMILES string of the molecule is COC(C)(C)c1ccc(C=O)cc1Cl. The Hall–Kier alpha value is -0.860. The first-order valence-corrected chi connectivity index (χ1v) is 4.69. The van der Waals surface area contributed by atoms with E-state index < -0.39 is 5.60 Å². The molecule has 3 heteroatoms. The molecule has 0 aliphatic heterocycles. The van der Waals surface area contributed by atoms with Gasteiger partial charge in [0.05, 0.1) is 5.60 Å². The van der Waals surface area contributed by atoms with Gasteiger partial charge < -0.3 is 4.74 Å². The third-order valence-corrected chi connectivity index (χ3v) is 2.60. The molecule has 0 saturated carbocycles. The summed E-state index contributed by atoms with van der Waals surface area (Å²) in [6.45, 7) is 3.85. The normalized spacial score (nSPS) is 11.4. The molecule has 1 rings (SSSR count). The van der Waals surface area contributed by atoms with E-state index in [1.54, 1.807) is 19.2 Å². The lowest BCUT2D eigenvalue weighted by Crippen LogP contribution is -2.19. The van der Waals surface area contributed by atoms with E-state index in [0.717, 1.165) is 11.8 Å². The summed E-state index contributed by atoms with van der Waals surface area (Å²) >= 11 is 6.03. The summed E-state index contributed by atoms with van der Waals surface area (Å²) in [5, 5.41) is 0.557. The minimum absolute atomic E-state index is 0.432. The van der Waals surface area contributed by atoms with Crippen molar-refractivity contribution in [3.05, 3.63) is 34.3 Å². The van der Waals surface area contributed by atoms with E-state index in [9.17, 15) is 4.79 Å². The van der Waals surface area contributed by atoms with E-state index in [0.29, 0.717) is 10.6 Å². The standard InChI is InChI=1S/C11H13ClO2/c1-11(2,14-3)9-5-4-8(7-13)6-10(9)12/h4-7H,1-3H3. The zero-order valence-corrected chi connectivity index (χ0v) is 9.26. The van der Waals surface area contributed by atoms with Crippen LogP contribution in [0, 0.1) is 0 Å². The number of methoxy groups -OCH3 is 1. The smallest absolute Gasteiger partial charge is 0.150 e. The minimum atomic E-state index is -0.432. The van der Waals surface area contributed by atoms with Gasteiger partial charge in [0.25, 0.3) is 0 Å². The fourth-order valence-electron chi connectivity index (χ4n) is 1.20. The van der Waals surface area contributed by atoms with Crippen LogP contribution in [0.15, 0.2) is 18.2 Å². The van der Waals surface area contributed by atoms with Gasteiger partial charge in [-0.25, -0.2) is 0 Å². The van der Waals surface area contributed by atoms with Crippen LogP contribution in [0.3, 0.4) is 0 Å². The molecule has 0 saturated heterocycles. The van der Waals surface area contributed by atoms with Crippen LogP contribution >= 0.6 is 11.6 Å². The number of benzene rings is 1. The fourth-order valence-corrected chi connectivity index (χ4v) is 1.62. The summed E-state index contributed by atoms with van der Waals surface area (Å²) in [5.41, 5.74) is 1.02. The number of ether oxygens (including phenoxy) is 1. The predicted octanol–water partition coefficient (Wildman–Crippen LogP) is 3.03. The Morgan fingerprint density at radius 2 is 2.07 bits per heavy atom. The van der Waals surface area contributed by atoms with Crippen LogP contribution in [-0.2, 0) is 10.3 Å². The first kappa shape index (κ1) is 11.2. The monoisotopic (exact) mass is 212 g/mol. The molecule has 0 unspecified atom stereocenters. The molecule has 0 spiro atoms. The molecule has 0 aliphatic carbocycles. The Morgan fingerprint density at radius 3 is 2.50 bits per heavy atom. The molecule has 0 aromatic heterocycles. The Labute approximate surface area is 88.8 Å². The molecular weight excluding hydrogens is 200 g/mol. The van der Waals surface area contributed by atoms with Crippen molar-refractivity contribution in [2.75, 3.05) is 7.11 Å². The van der Waals surface area contributed by atoms with Gasteiger partial charge in [-0.2, -0.15) is 0 Å². The highest BCUT2D eigenvalue weighted by molar-refractivity contribution is 6.31. The Balaban J connectivity index is 3.18. The van der Waals surface area contributed by atoms with Crippen molar-refractivity contribution in [1.82, 2.24) is 0 Å². The van der Waals surface area contributed by atoms with E-state index in [1.807, 2.05) is 19.9 Å². The second-order valence-corrected chi connectivity index (χ2v) is 3.98. The van der Waals surface area contributed by atoms with Crippen LogP contribution in [0.5, 0.6) is 0 Å². The maximum absolute atomic E-state index is 10.5. The number of hydrogen-bond acceptors (Lipinski definition) is 2. The van der Waals surface area contributed by atoms with Crippen LogP contribution in [-0.4, -0.2) is 13.4 Å². The zero-order chi connectivity index (χ0) is 10.8. The quantitative estimate of drug-likeness (QED) is 0.720. The lowest BCUT2D eigenvalue weighted by atomic mass is 9.97. The molecular formula is C11H13ClO2. The zero-order valence-electron chi connectivity index (χ0n) is 8.50.